The average Bonchev–Trinajstić information content (AvgIpc) is 2.89. The van der Waals surface area contributed by atoms with Crippen molar-refractivity contribution in [3.8, 4) is 0 Å². The highest BCUT2D eigenvalue weighted by atomic mass is 35.5. The molecule has 0 bridgehead atoms. The first-order chi connectivity index (χ1) is 10.5. The lowest BCUT2D eigenvalue weighted by atomic mass is 10.1. The van der Waals surface area contributed by atoms with Gasteiger partial charge in [-0.05, 0) is 50.6 Å². The van der Waals surface area contributed by atoms with E-state index in [1.165, 1.54) is 6.26 Å². The standard InChI is InChI=1S/C17H15ClN2O2/c1-9-8-15(20-17(21)12-6-7-22-11(12)3)13-4-5-14(18)10(2)16(13)19-9/h4-8H,1-3H3,(H,19,20,21). The minimum Gasteiger partial charge on any atom is -0.469 e. The normalized spacial score (nSPS) is 10.9. The Kier molecular flexibility index (Phi) is 3.62. The largest absolute Gasteiger partial charge is 0.469 e. The Bertz CT molecular complexity index is 884. The van der Waals surface area contributed by atoms with E-state index in [1.54, 1.807) is 13.0 Å². The Morgan fingerprint density at radius 2 is 2.00 bits per heavy atom. The lowest BCUT2D eigenvalue weighted by Crippen LogP contribution is -2.13. The van der Waals surface area contributed by atoms with Crippen LogP contribution in [0.2, 0.25) is 5.02 Å². The number of hydrogen-bond donors (Lipinski definition) is 1. The number of carbonyl (C=O) groups is 1. The Morgan fingerprint density at radius 1 is 1.23 bits per heavy atom. The summed E-state index contributed by atoms with van der Waals surface area (Å²) in [5.74, 6) is 0.387. The first-order valence-electron chi connectivity index (χ1n) is 6.89. The molecule has 0 saturated carbocycles. The van der Waals surface area contributed by atoms with Crippen molar-refractivity contribution < 1.29 is 9.21 Å². The molecule has 0 spiro atoms. The number of nitrogens with zero attached hydrogens (tertiary/aromatic N) is 1. The minimum atomic E-state index is -0.203. The van der Waals surface area contributed by atoms with Gasteiger partial charge in [0.25, 0.3) is 5.91 Å². The Morgan fingerprint density at radius 3 is 2.68 bits per heavy atom. The van der Waals surface area contributed by atoms with E-state index >= 15 is 0 Å². The highest BCUT2D eigenvalue weighted by Gasteiger charge is 2.15. The van der Waals surface area contributed by atoms with Crippen molar-refractivity contribution in [1.82, 2.24) is 4.98 Å². The van der Waals surface area contributed by atoms with Gasteiger partial charge in [0, 0.05) is 16.1 Å². The molecule has 3 aromatic rings. The van der Waals surface area contributed by atoms with E-state index in [0.717, 1.165) is 22.2 Å². The molecule has 1 N–H and O–H groups in total. The van der Waals surface area contributed by atoms with Gasteiger partial charge in [-0.3, -0.25) is 9.78 Å². The van der Waals surface area contributed by atoms with Gasteiger partial charge in [-0.15, -0.1) is 0 Å². The number of aryl methyl sites for hydroxylation is 3. The highest BCUT2D eigenvalue weighted by molar-refractivity contribution is 6.32. The number of aromatic nitrogens is 1. The van der Waals surface area contributed by atoms with E-state index in [-0.39, 0.29) is 5.91 Å². The molecule has 0 atom stereocenters. The number of pyridine rings is 1. The number of benzene rings is 1. The summed E-state index contributed by atoms with van der Waals surface area (Å²) in [5, 5.41) is 4.46. The van der Waals surface area contributed by atoms with Gasteiger partial charge in [0.1, 0.15) is 5.76 Å². The van der Waals surface area contributed by atoms with Crippen LogP contribution in [-0.2, 0) is 0 Å². The summed E-state index contributed by atoms with van der Waals surface area (Å²) < 4.78 is 5.18. The lowest BCUT2D eigenvalue weighted by Gasteiger charge is -2.11. The fraction of sp³-hybridized carbons (Fsp3) is 0.176. The lowest BCUT2D eigenvalue weighted by molar-refractivity contribution is 0.102. The zero-order valence-electron chi connectivity index (χ0n) is 12.5. The number of amides is 1. The van der Waals surface area contributed by atoms with Gasteiger partial charge in [-0.25, -0.2) is 0 Å². The maximum Gasteiger partial charge on any atom is 0.259 e. The van der Waals surface area contributed by atoms with E-state index in [1.807, 2.05) is 32.0 Å². The van der Waals surface area contributed by atoms with E-state index in [0.29, 0.717) is 22.0 Å². The first kappa shape index (κ1) is 14.6. The van der Waals surface area contributed by atoms with Crippen LogP contribution in [0.5, 0.6) is 0 Å². The SMILES string of the molecule is Cc1cc(NC(=O)c2ccoc2C)c2ccc(Cl)c(C)c2n1. The molecule has 0 fully saturated rings. The number of carbonyl (C=O) groups excluding carboxylic acids is 1. The van der Waals surface area contributed by atoms with Gasteiger partial charge in [0.2, 0.25) is 0 Å². The van der Waals surface area contributed by atoms with Crippen molar-refractivity contribution in [1.29, 1.82) is 0 Å². The zero-order valence-corrected chi connectivity index (χ0v) is 13.3. The van der Waals surface area contributed by atoms with Gasteiger partial charge in [0.05, 0.1) is 23.0 Å². The van der Waals surface area contributed by atoms with Crippen molar-refractivity contribution in [2.75, 3.05) is 5.32 Å². The van der Waals surface area contributed by atoms with Crippen molar-refractivity contribution in [2.24, 2.45) is 0 Å². The number of anilines is 1. The fourth-order valence-corrected chi connectivity index (χ4v) is 2.60. The monoisotopic (exact) mass is 314 g/mol. The number of halogens is 1. The predicted octanol–water partition coefficient (Wildman–Crippen LogP) is 4.66. The van der Waals surface area contributed by atoms with Crippen LogP contribution in [0.3, 0.4) is 0 Å². The van der Waals surface area contributed by atoms with Gasteiger partial charge >= 0.3 is 0 Å². The summed E-state index contributed by atoms with van der Waals surface area (Å²) in [4.78, 5) is 16.9. The van der Waals surface area contributed by atoms with E-state index in [9.17, 15) is 4.79 Å². The summed E-state index contributed by atoms with van der Waals surface area (Å²) in [5.41, 5.74) is 3.75. The number of rotatable bonds is 2. The first-order valence-corrected chi connectivity index (χ1v) is 7.27. The Balaban J connectivity index is 2.09. The molecule has 112 valence electrons. The smallest absolute Gasteiger partial charge is 0.259 e. The summed E-state index contributed by atoms with van der Waals surface area (Å²) in [6.45, 7) is 5.57. The molecule has 0 aliphatic carbocycles. The molecule has 22 heavy (non-hydrogen) atoms. The van der Waals surface area contributed by atoms with Gasteiger partial charge < -0.3 is 9.73 Å². The van der Waals surface area contributed by atoms with E-state index in [4.69, 9.17) is 16.0 Å². The quantitative estimate of drug-likeness (QED) is 0.748. The number of hydrogen-bond acceptors (Lipinski definition) is 3. The van der Waals surface area contributed by atoms with Crippen LogP contribution in [0, 0.1) is 20.8 Å². The predicted molar refractivity (Wildman–Crippen MR) is 87.6 cm³/mol. The van der Waals surface area contributed by atoms with Crippen LogP contribution in [0.4, 0.5) is 5.69 Å². The van der Waals surface area contributed by atoms with Crippen LogP contribution >= 0.6 is 11.6 Å². The molecule has 0 unspecified atom stereocenters. The molecule has 0 aliphatic heterocycles. The molecular formula is C17H15ClN2O2. The molecular weight excluding hydrogens is 300 g/mol. The van der Waals surface area contributed by atoms with Crippen LogP contribution in [-0.4, -0.2) is 10.9 Å². The van der Waals surface area contributed by atoms with Crippen molar-refractivity contribution in [3.05, 3.63) is 58.1 Å². The highest BCUT2D eigenvalue weighted by Crippen LogP contribution is 2.30. The molecule has 0 saturated heterocycles. The minimum absolute atomic E-state index is 0.203. The maximum absolute atomic E-state index is 12.4. The molecule has 0 radical (unpaired) electrons. The summed E-state index contributed by atoms with van der Waals surface area (Å²) in [6, 6.07) is 7.19. The molecule has 3 rings (SSSR count). The third kappa shape index (κ3) is 2.46. The molecule has 2 aromatic heterocycles. The van der Waals surface area contributed by atoms with Gasteiger partial charge in [0.15, 0.2) is 0 Å². The summed E-state index contributed by atoms with van der Waals surface area (Å²) >= 11 is 6.16. The van der Waals surface area contributed by atoms with E-state index in [2.05, 4.69) is 10.3 Å². The third-order valence-electron chi connectivity index (χ3n) is 3.65. The number of nitrogens with one attached hydrogen (secondary N) is 1. The zero-order chi connectivity index (χ0) is 15.9. The average molecular weight is 315 g/mol. The molecule has 5 heteroatoms. The van der Waals surface area contributed by atoms with Crippen LogP contribution in [0.15, 0.2) is 34.9 Å². The van der Waals surface area contributed by atoms with Crippen LogP contribution < -0.4 is 5.32 Å². The fourth-order valence-electron chi connectivity index (χ4n) is 2.45. The second-order valence-corrected chi connectivity index (χ2v) is 5.63. The summed E-state index contributed by atoms with van der Waals surface area (Å²) in [7, 11) is 0. The Labute approximate surface area is 133 Å². The maximum atomic E-state index is 12.4. The number of fused-ring (bicyclic) bond motifs is 1. The van der Waals surface area contributed by atoms with Gasteiger partial charge in [-0.1, -0.05) is 11.6 Å². The van der Waals surface area contributed by atoms with E-state index < -0.39 is 0 Å². The molecule has 0 aliphatic rings. The number of furan rings is 1. The van der Waals surface area contributed by atoms with Gasteiger partial charge in [-0.2, -0.15) is 0 Å². The second kappa shape index (κ2) is 5.46. The second-order valence-electron chi connectivity index (χ2n) is 5.22. The summed E-state index contributed by atoms with van der Waals surface area (Å²) in [6.07, 6.45) is 1.50. The molecule has 4 nitrogen and oxygen atoms in total. The van der Waals surface area contributed by atoms with Crippen LogP contribution in [0.25, 0.3) is 10.9 Å². The molecule has 1 aromatic carbocycles. The van der Waals surface area contributed by atoms with Crippen molar-refractivity contribution in [3.63, 3.8) is 0 Å². The molecule has 2 heterocycles. The van der Waals surface area contributed by atoms with Crippen molar-refractivity contribution in [2.45, 2.75) is 20.8 Å². The third-order valence-corrected chi connectivity index (χ3v) is 4.06. The molecule has 1 amide bonds. The van der Waals surface area contributed by atoms with Crippen LogP contribution in [0.1, 0.15) is 27.4 Å². The Hall–Kier alpha value is -2.33. The van der Waals surface area contributed by atoms with Crippen molar-refractivity contribution >= 4 is 34.1 Å². The topological polar surface area (TPSA) is 55.1 Å².